The van der Waals surface area contributed by atoms with Gasteiger partial charge in [-0.05, 0) is 43.2 Å². The van der Waals surface area contributed by atoms with Gasteiger partial charge in [-0.2, -0.15) is 0 Å². The highest BCUT2D eigenvalue weighted by molar-refractivity contribution is 7.07. The monoisotopic (exact) mass is 522 g/mol. The van der Waals surface area contributed by atoms with E-state index in [1.807, 2.05) is 25.1 Å². The van der Waals surface area contributed by atoms with Gasteiger partial charge in [0.05, 0.1) is 36.6 Å². The van der Waals surface area contributed by atoms with E-state index in [0.717, 1.165) is 12.0 Å². The number of hydrogen-bond donors (Lipinski definition) is 0. The van der Waals surface area contributed by atoms with Crippen molar-refractivity contribution in [1.29, 1.82) is 0 Å². The fourth-order valence-corrected chi connectivity index (χ4v) is 5.46. The van der Waals surface area contributed by atoms with Crippen LogP contribution in [0.2, 0.25) is 0 Å². The molecule has 0 aliphatic carbocycles. The lowest BCUT2D eigenvalue weighted by Gasteiger charge is -2.26. The maximum Gasteiger partial charge on any atom is 0.338 e. The molecule has 0 N–H and O–H groups in total. The van der Waals surface area contributed by atoms with Crippen LogP contribution in [-0.4, -0.2) is 38.2 Å². The van der Waals surface area contributed by atoms with Gasteiger partial charge in [-0.3, -0.25) is 9.36 Å². The van der Waals surface area contributed by atoms with Crippen molar-refractivity contribution in [3.63, 3.8) is 0 Å². The summed E-state index contributed by atoms with van der Waals surface area (Å²) in [7, 11) is 2.86. The van der Waals surface area contributed by atoms with Crippen LogP contribution in [0.5, 0.6) is 23.0 Å². The molecule has 0 fully saturated rings. The molecule has 37 heavy (non-hydrogen) atoms. The summed E-state index contributed by atoms with van der Waals surface area (Å²) in [5.41, 5.74) is 1.84. The van der Waals surface area contributed by atoms with Crippen LogP contribution >= 0.6 is 11.3 Å². The average Bonchev–Trinajstić information content (AvgIpc) is 3.49. The van der Waals surface area contributed by atoms with Gasteiger partial charge in [0.15, 0.2) is 27.8 Å². The van der Waals surface area contributed by atoms with Gasteiger partial charge in [-0.15, -0.1) is 0 Å². The van der Waals surface area contributed by atoms with Crippen molar-refractivity contribution < 1.29 is 28.5 Å². The van der Waals surface area contributed by atoms with Crippen molar-refractivity contribution in [2.45, 2.75) is 26.3 Å². The van der Waals surface area contributed by atoms with Crippen LogP contribution in [0.25, 0.3) is 6.08 Å². The van der Waals surface area contributed by atoms with E-state index < -0.39 is 12.0 Å². The molecule has 2 aliphatic rings. The van der Waals surface area contributed by atoms with Crippen molar-refractivity contribution in [1.82, 2.24) is 4.57 Å². The molecule has 1 unspecified atom stereocenters. The number of carbonyl (C=O) groups excluding carboxylic acids is 1. The largest absolute Gasteiger partial charge is 0.493 e. The van der Waals surface area contributed by atoms with Crippen molar-refractivity contribution in [3.8, 4) is 23.0 Å². The standard InChI is InChI=1S/C27H26N2O7S/c1-5-11-34-24-17(7-6-8-19(24)32-3)23-22(26(31)33-4)15(2)28-27-29(23)25(30)21(37-27)13-16-9-10-18-20(12-16)36-14-35-18/h6-10,12-13,23H,5,11,14H2,1-4H3/b21-13+. The fourth-order valence-electron chi connectivity index (χ4n) is 4.41. The van der Waals surface area contributed by atoms with Crippen LogP contribution in [0, 0.1) is 0 Å². The first-order chi connectivity index (χ1) is 18.0. The summed E-state index contributed by atoms with van der Waals surface area (Å²) in [5.74, 6) is 1.69. The first-order valence-electron chi connectivity index (χ1n) is 11.8. The van der Waals surface area contributed by atoms with Crippen molar-refractivity contribution in [3.05, 3.63) is 78.5 Å². The molecule has 9 nitrogen and oxygen atoms in total. The first-order valence-corrected chi connectivity index (χ1v) is 12.6. The van der Waals surface area contributed by atoms with Gasteiger partial charge in [0, 0.05) is 5.56 Å². The zero-order valence-electron chi connectivity index (χ0n) is 20.9. The second kappa shape index (κ2) is 10.1. The quantitative estimate of drug-likeness (QED) is 0.440. The van der Waals surface area contributed by atoms with E-state index in [4.69, 9.17) is 23.7 Å². The SMILES string of the molecule is CCCOc1c(OC)cccc1C1C(C(=O)OC)=C(C)N=c2s/c(=C/c3ccc4c(c3)OCO4)c(=O)n21. The molecule has 2 aliphatic heterocycles. The van der Waals surface area contributed by atoms with Gasteiger partial charge < -0.3 is 23.7 Å². The third-order valence-electron chi connectivity index (χ3n) is 6.10. The molecular formula is C27H26N2O7S. The summed E-state index contributed by atoms with van der Waals surface area (Å²) in [5, 5.41) is 0. The summed E-state index contributed by atoms with van der Waals surface area (Å²) in [6.45, 7) is 4.34. The number of benzene rings is 2. The number of aromatic nitrogens is 1. The number of ether oxygens (including phenoxy) is 5. The summed E-state index contributed by atoms with van der Waals surface area (Å²) in [6, 6.07) is 10.1. The lowest BCUT2D eigenvalue weighted by atomic mass is 9.94. The Morgan fingerprint density at radius 1 is 1.22 bits per heavy atom. The van der Waals surface area contributed by atoms with E-state index in [0.29, 0.717) is 50.2 Å². The number of methoxy groups -OCH3 is 2. The summed E-state index contributed by atoms with van der Waals surface area (Å²) in [6.07, 6.45) is 2.55. The smallest absolute Gasteiger partial charge is 0.338 e. The average molecular weight is 523 g/mol. The number of rotatable bonds is 7. The van der Waals surface area contributed by atoms with Gasteiger partial charge >= 0.3 is 5.97 Å². The molecule has 10 heteroatoms. The zero-order chi connectivity index (χ0) is 26.1. The third-order valence-corrected chi connectivity index (χ3v) is 7.08. The Kier molecular flexibility index (Phi) is 6.75. The number of thiazole rings is 1. The lowest BCUT2D eigenvalue weighted by molar-refractivity contribution is -0.136. The van der Waals surface area contributed by atoms with E-state index >= 15 is 0 Å². The molecule has 1 atom stereocenters. The van der Waals surface area contributed by atoms with E-state index in [2.05, 4.69) is 4.99 Å². The highest BCUT2D eigenvalue weighted by Crippen LogP contribution is 2.41. The lowest BCUT2D eigenvalue weighted by Crippen LogP contribution is -2.40. The van der Waals surface area contributed by atoms with Gasteiger partial charge in [-0.1, -0.05) is 36.5 Å². The fraction of sp³-hybridized carbons (Fsp3) is 0.296. The number of para-hydroxylation sites is 1. The zero-order valence-corrected chi connectivity index (χ0v) is 21.7. The molecule has 2 aromatic carbocycles. The van der Waals surface area contributed by atoms with E-state index in [-0.39, 0.29) is 17.9 Å². The van der Waals surface area contributed by atoms with Crippen LogP contribution in [0.15, 0.2) is 57.5 Å². The van der Waals surface area contributed by atoms with Gasteiger partial charge in [-0.25, -0.2) is 9.79 Å². The number of fused-ring (bicyclic) bond motifs is 2. The molecular weight excluding hydrogens is 496 g/mol. The molecule has 0 bridgehead atoms. The number of hydrogen-bond acceptors (Lipinski definition) is 9. The van der Waals surface area contributed by atoms with Crippen molar-refractivity contribution in [2.24, 2.45) is 4.99 Å². The summed E-state index contributed by atoms with van der Waals surface area (Å²) in [4.78, 5) is 31.9. The summed E-state index contributed by atoms with van der Waals surface area (Å²) < 4.78 is 29.6. The Hall–Kier alpha value is -4.05. The molecule has 0 saturated heterocycles. The molecule has 0 radical (unpaired) electrons. The minimum Gasteiger partial charge on any atom is -0.493 e. The first kappa shape index (κ1) is 24.6. The number of nitrogens with zero attached hydrogens (tertiary/aromatic N) is 2. The molecule has 1 aromatic heterocycles. The van der Waals surface area contributed by atoms with Gasteiger partial charge in [0.1, 0.15) is 6.04 Å². The topological polar surface area (TPSA) is 97.6 Å². The van der Waals surface area contributed by atoms with Gasteiger partial charge in [0.25, 0.3) is 5.56 Å². The van der Waals surface area contributed by atoms with Crippen molar-refractivity contribution >= 4 is 23.4 Å². The minimum absolute atomic E-state index is 0.166. The second-order valence-electron chi connectivity index (χ2n) is 8.41. The normalized spacial score (nSPS) is 16.3. The third kappa shape index (κ3) is 4.37. The Balaban J connectivity index is 1.73. The Bertz CT molecular complexity index is 1580. The molecule has 192 valence electrons. The van der Waals surface area contributed by atoms with E-state index in [9.17, 15) is 9.59 Å². The molecule has 0 amide bonds. The maximum absolute atomic E-state index is 13.9. The highest BCUT2D eigenvalue weighted by Gasteiger charge is 2.35. The van der Waals surface area contributed by atoms with Crippen LogP contribution in [-0.2, 0) is 9.53 Å². The molecule has 0 spiro atoms. The number of carbonyl (C=O) groups is 1. The van der Waals surface area contributed by atoms with Crippen LogP contribution in [0.1, 0.15) is 37.4 Å². The van der Waals surface area contributed by atoms with E-state index in [1.54, 1.807) is 38.3 Å². The predicted molar refractivity (Wildman–Crippen MR) is 137 cm³/mol. The minimum atomic E-state index is -0.815. The number of allylic oxidation sites excluding steroid dienone is 1. The summed E-state index contributed by atoms with van der Waals surface area (Å²) >= 11 is 1.25. The second-order valence-corrected chi connectivity index (χ2v) is 9.42. The van der Waals surface area contributed by atoms with Crippen molar-refractivity contribution in [2.75, 3.05) is 27.6 Å². The predicted octanol–water partition coefficient (Wildman–Crippen LogP) is 2.93. The molecule has 3 aromatic rings. The Morgan fingerprint density at radius 2 is 2.03 bits per heavy atom. The van der Waals surface area contributed by atoms with Crippen LogP contribution in [0.4, 0.5) is 0 Å². The van der Waals surface area contributed by atoms with Crippen LogP contribution < -0.4 is 33.8 Å². The molecule has 3 heterocycles. The Labute approximate surface area is 216 Å². The van der Waals surface area contributed by atoms with E-state index in [1.165, 1.54) is 23.0 Å². The van der Waals surface area contributed by atoms with Crippen LogP contribution in [0.3, 0.4) is 0 Å². The highest BCUT2D eigenvalue weighted by atomic mass is 32.1. The molecule has 0 saturated carbocycles. The maximum atomic E-state index is 13.9. The van der Waals surface area contributed by atoms with Gasteiger partial charge in [0.2, 0.25) is 6.79 Å². The molecule has 5 rings (SSSR count). The number of esters is 1. The Morgan fingerprint density at radius 3 is 2.78 bits per heavy atom.